The Bertz CT molecular complexity index is 945. The fourth-order valence-corrected chi connectivity index (χ4v) is 5.18. The molecule has 1 aliphatic rings. The van der Waals surface area contributed by atoms with Gasteiger partial charge in [0.05, 0.1) is 11.3 Å². The number of rotatable bonds is 6. The standard InChI is InChI=1S/C20H22N4O3S2/c1-12-8-13(2)23-20(22-12)28-11-18(26)27-10-17(25)24-19-15(9-21)14-6-4-3-5-7-16(14)29-19/h8H,3-7,10-11H2,1-2H3,(H,24,25). The Kier molecular flexibility index (Phi) is 7.23. The van der Waals surface area contributed by atoms with E-state index in [9.17, 15) is 14.9 Å². The Morgan fingerprint density at radius 3 is 2.69 bits per heavy atom. The van der Waals surface area contributed by atoms with E-state index in [1.165, 1.54) is 28.0 Å². The number of nitriles is 1. The molecule has 0 fully saturated rings. The van der Waals surface area contributed by atoms with E-state index in [1.807, 2.05) is 19.9 Å². The molecule has 0 atom stereocenters. The third kappa shape index (κ3) is 5.78. The van der Waals surface area contributed by atoms with Crippen LogP contribution in [0.4, 0.5) is 5.00 Å². The summed E-state index contributed by atoms with van der Waals surface area (Å²) in [6.45, 7) is 3.34. The summed E-state index contributed by atoms with van der Waals surface area (Å²) in [6, 6.07) is 4.07. The average molecular weight is 431 g/mol. The number of aryl methyl sites for hydroxylation is 3. The molecule has 29 heavy (non-hydrogen) atoms. The molecule has 0 aromatic carbocycles. The molecule has 1 amide bonds. The van der Waals surface area contributed by atoms with Crippen LogP contribution < -0.4 is 5.32 Å². The number of carbonyl (C=O) groups is 2. The third-order valence-corrected chi connectivity index (χ3v) is 6.46. The average Bonchev–Trinajstić information content (AvgIpc) is 2.83. The number of nitrogens with zero attached hydrogens (tertiary/aromatic N) is 3. The van der Waals surface area contributed by atoms with Gasteiger partial charge in [0.25, 0.3) is 5.91 Å². The van der Waals surface area contributed by atoms with Gasteiger partial charge in [-0.05, 0) is 51.2 Å². The van der Waals surface area contributed by atoms with Crippen molar-refractivity contribution in [1.29, 1.82) is 5.26 Å². The van der Waals surface area contributed by atoms with Crippen molar-refractivity contribution >= 4 is 40.0 Å². The maximum Gasteiger partial charge on any atom is 0.316 e. The summed E-state index contributed by atoms with van der Waals surface area (Å²) < 4.78 is 5.05. The van der Waals surface area contributed by atoms with Crippen molar-refractivity contribution in [2.75, 3.05) is 17.7 Å². The molecule has 0 spiro atoms. The highest BCUT2D eigenvalue weighted by molar-refractivity contribution is 7.99. The molecule has 152 valence electrons. The topological polar surface area (TPSA) is 105 Å². The molecule has 1 aliphatic carbocycles. The van der Waals surface area contributed by atoms with Crippen LogP contribution in [0, 0.1) is 25.2 Å². The largest absolute Gasteiger partial charge is 0.455 e. The van der Waals surface area contributed by atoms with Crippen molar-refractivity contribution in [3.63, 3.8) is 0 Å². The van der Waals surface area contributed by atoms with Gasteiger partial charge < -0.3 is 10.1 Å². The van der Waals surface area contributed by atoms with Gasteiger partial charge in [-0.25, -0.2) is 9.97 Å². The second-order valence-electron chi connectivity index (χ2n) is 6.81. The Morgan fingerprint density at radius 1 is 1.24 bits per heavy atom. The molecule has 2 aromatic heterocycles. The van der Waals surface area contributed by atoms with Crippen LogP contribution in [-0.2, 0) is 27.2 Å². The first kappa shape index (κ1) is 21.3. The molecule has 0 unspecified atom stereocenters. The Morgan fingerprint density at radius 2 is 1.97 bits per heavy atom. The Hall–Kier alpha value is -2.44. The Labute approximate surface area is 177 Å². The molecular formula is C20H22N4O3S2. The molecule has 1 N–H and O–H groups in total. The summed E-state index contributed by atoms with van der Waals surface area (Å²) in [5.41, 5.74) is 3.27. The lowest BCUT2D eigenvalue weighted by Gasteiger charge is -2.06. The predicted octanol–water partition coefficient (Wildman–Crippen LogP) is 3.57. The minimum absolute atomic E-state index is 0.0208. The number of amides is 1. The van der Waals surface area contributed by atoms with Crippen molar-refractivity contribution in [2.24, 2.45) is 0 Å². The summed E-state index contributed by atoms with van der Waals surface area (Å²) in [6.07, 6.45) is 5.14. The second kappa shape index (κ2) is 9.85. The number of esters is 1. The summed E-state index contributed by atoms with van der Waals surface area (Å²) in [4.78, 5) is 33.8. The van der Waals surface area contributed by atoms with E-state index < -0.39 is 11.9 Å². The molecule has 0 radical (unpaired) electrons. The fourth-order valence-electron chi connectivity index (χ4n) is 3.18. The number of ether oxygens (including phenoxy) is 1. The van der Waals surface area contributed by atoms with E-state index in [1.54, 1.807) is 0 Å². The maximum absolute atomic E-state index is 12.2. The number of aromatic nitrogens is 2. The Balaban J connectivity index is 1.51. The van der Waals surface area contributed by atoms with E-state index in [-0.39, 0.29) is 12.4 Å². The predicted molar refractivity (Wildman–Crippen MR) is 112 cm³/mol. The number of thioether (sulfide) groups is 1. The highest BCUT2D eigenvalue weighted by Gasteiger charge is 2.21. The molecule has 9 heteroatoms. The SMILES string of the molecule is Cc1cc(C)nc(SCC(=O)OCC(=O)Nc2sc3c(c2C#N)CCCCC3)n1. The normalized spacial score (nSPS) is 13.1. The molecular weight excluding hydrogens is 408 g/mol. The summed E-state index contributed by atoms with van der Waals surface area (Å²) >= 11 is 2.63. The number of fused-ring (bicyclic) bond motifs is 1. The van der Waals surface area contributed by atoms with Gasteiger partial charge >= 0.3 is 5.97 Å². The van der Waals surface area contributed by atoms with Crippen molar-refractivity contribution in [1.82, 2.24) is 9.97 Å². The van der Waals surface area contributed by atoms with Crippen LogP contribution in [0.3, 0.4) is 0 Å². The van der Waals surface area contributed by atoms with E-state index in [2.05, 4.69) is 21.4 Å². The van der Waals surface area contributed by atoms with Crippen LogP contribution in [0.15, 0.2) is 11.2 Å². The van der Waals surface area contributed by atoms with Gasteiger partial charge in [0.2, 0.25) is 0 Å². The second-order valence-corrected chi connectivity index (χ2v) is 8.86. The minimum Gasteiger partial charge on any atom is -0.455 e. The smallest absolute Gasteiger partial charge is 0.316 e. The van der Waals surface area contributed by atoms with E-state index in [0.717, 1.165) is 49.1 Å². The van der Waals surface area contributed by atoms with Gasteiger partial charge in [0.15, 0.2) is 11.8 Å². The number of hydrogen-bond donors (Lipinski definition) is 1. The first-order chi connectivity index (χ1) is 14.0. The van der Waals surface area contributed by atoms with Gasteiger partial charge in [-0.3, -0.25) is 9.59 Å². The van der Waals surface area contributed by atoms with Gasteiger partial charge in [-0.15, -0.1) is 11.3 Å². The molecule has 0 saturated heterocycles. The molecule has 2 aromatic rings. The zero-order chi connectivity index (χ0) is 20.8. The van der Waals surface area contributed by atoms with Crippen LogP contribution in [-0.4, -0.2) is 34.2 Å². The number of hydrogen-bond acceptors (Lipinski definition) is 8. The minimum atomic E-state index is -0.518. The van der Waals surface area contributed by atoms with Crippen LogP contribution in [0.1, 0.15) is 46.7 Å². The van der Waals surface area contributed by atoms with E-state index in [0.29, 0.717) is 15.7 Å². The van der Waals surface area contributed by atoms with Crippen LogP contribution in [0.5, 0.6) is 0 Å². The van der Waals surface area contributed by atoms with Gasteiger partial charge in [-0.2, -0.15) is 5.26 Å². The first-order valence-electron chi connectivity index (χ1n) is 9.41. The van der Waals surface area contributed by atoms with Crippen molar-refractivity contribution in [3.05, 3.63) is 33.5 Å². The molecule has 0 aliphatic heterocycles. The van der Waals surface area contributed by atoms with Crippen molar-refractivity contribution in [3.8, 4) is 6.07 Å². The fraction of sp³-hybridized carbons (Fsp3) is 0.450. The van der Waals surface area contributed by atoms with Crippen LogP contribution in [0.2, 0.25) is 0 Å². The van der Waals surface area contributed by atoms with Gasteiger partial charge in [0.1, 0.15) is 11.1 Å². The van der Waals surface area contributed by atoms with Crippen molar-refractivity contribution in [2.45, 2.75) is 51.1 Å². The molecule has 2 heterocycles. The van der Waals surface area contributed by atoms with Crippen LogP contribution >= 0.6 is 23.1 Å². The lowest BCUT2D eigenvalue weighted by atomic mass is 10.1. The zero-order valence-electron chi connectivity index (χ0n) is 16.4. The maximum atomic E-state index is 12.2. The summed E-state index contributed by atoms with van der Waals surface area (Å²) in [7, 11) is 0. The van der Waals surface area contributed by atoms with Gasteiger partial charge in [-0.1, -0.05) is 18.2 Å². The van der Waals surface area contributed by atoms with Gasteiger partial charge in [0, 0.05) is 16.3 Å². The van der Waals surface area contributed by atoms with Crippen LogP contribution in [0.25, 0.3) is 0 Å². The number of nitrogens with one attached hydrogen (secondary N) is 1. The number of thiophene rings is 1. The molecule has 0 saturated carbocycles. The molecule has 3 rings (SSSR count). The van der Waals surface area contributed by atoms with Crippen molar-refractivity contribution < 1.29 is 14.3 Å². The zero-order valence-corrected chi connectivity index (χ0v) is 18.0. The third-order valence-electron chi connectivity index (χ3n) is 4.43. The van der Waals surface area contributed by atoms with E-state index >= 15 is 0 Å². The summed E-state index contributed by atoms with van der Waals surface area (Å²) in [5.74, 6) is -0.943. The molecule has 7 nitrogen and oxygen atoms in total. The molecule has 0 bridgehead atoms. The summed E-state index contributed by atoms with van der Waals surface area (Å²) in [5, 5.41) is 13.3. The quantitative estimate of drug-likeness (QED) is 0.323. The number of anilines is 1. The number of carbonyl (C=O) groups excluding carboxylic acids is 2. The first-order valence-corrected chi connectivity index (χ1v) is 11.2. The lowest BCUT2D eigenvalue weighted by molar-refractivity contribution is -0.144. The monoisotopic (exact) mass is 430 g/mol. The van der Waals surface area contributed by atoms with E-state index in [4.69, 9.17) is 4.74 Å². The lowest BCUT2D eigenvalue weighted by Crippen LogP contribution is -2.21. The highest BCUT2D eigenvalue weighted by atomic mass is 32.2. The highest BCUT2D eigenvalue weighted by Crippen LogP contribution is 2.36.